The molecule has 0 amide bonds. The summed E-state index contributed by atoms with van der Waals surface area (Å²) in [6.07, 6.45) is 0.246. The van der Waals surface area contributed by atoms with Crippen LogP contribution < -0.4 is 0 Å². The molecule has 0 radical (unpaired) electrons. The number of halogens is 1. The number of benzene rings is 3. The highest BCUT2D eigenvalue weighted by atomic mass is 35.5. The number of fused-ring (bicyclic) bond motifs is 3. The van der Waals surface area contributed by atoms with Crippen LogP contribution in [0.25, 0.3) is 21.5 Å². The van der Waals surface area contributed by atoms with E-state index in [2.05, 4.69) is 36.4 Å². The van der Waals surface area contributed by atoms with Crippen molar-refractivity contribution in [2.75, 3.05) is 6.61 Å². The molecular weight excluding hydrogens is 244 g/mol. The minimum Gasteiger partial charge on any atom is -0.368 e. The Morgan fingerprint density at radius 3 is 2.61 bits per heavy atom. The van der Waals surface area contributed by atoms with E-state index in [1.807, 2.05) is 12.1 Å². The van der Waals surface area contributed by atoms with Crippen molar-refractivity contribution in [3.05, 3.63) is 59.1 Å². The molecule has 1 fully saturated rings. The average molecular weight is 255 g/mol. The highest BCUT2D eigenvalue weighted by molar-refractivity contribution is 6.37. The summed E-state index contributed by atoms with van der Waals surface area (Å²) < 4.78 is 5.45. The van der Waals surface area contributed by atoms with Gasteiger partial charge in [-0.3, -0.25) is 0 Å². The molecule has 3 aromatic carbocycles. The molecule has 0 aromatic heterocycles. The van der Waals surface area contributed by atoms with Crippen LogP contribution in [0.1, 0.15) is 11.7 Å². The van der Waals surface area contributed by atoms with Gasteiger partial charge in [0.1, 0.15) is 6.10 Å². The second kappa shape index (κ2) is 3.71. The molecule has 1 atom stereocenters. The Kier molecular flexibility index (Phi) is 2.14. The molecule has 18 heavy (non-hydrogen) atoms. The van der Waals surface area contributed by atoms with Crippen LogP contribution in [0, 0.1) is 0 Å². The molecule has 4 rings (SSSR count). The van der Waals surface area contributed by atoms with Crippen molar-refractivity contribution in [1.29, 1.82) is 0 Å². The van der Waals surface area contributed by atoms with E-state index in [0.29, 0.717) is 0 Å². The normalized spacial score (nSPS) is 18.4. The summed E-state index contributed by atoms with van der Waals surface area (Å²) >= 11 is 6.39. The summed E-state index contributed by atoms with van der Waals surface area (Å²) in [5, 5.41) is 5.60. The molecule has 0 unspecified atom stereocenters. The lowest BCUT2D eigenvalue weighted by molar-refractivity contribution is 0.417. The van der Waals surface area contributed by atoms with Crippen molar-refractivity contribution in [3.63, 3.8) is 0 Å². The Morgan fingerprint density at radius 2 is 1.78 bits per heavy atom. The second-order valence-corrected chi connectivity index (χ2v) is 5.08. The van der Waals surface area contributed by atoms with Gasteiger partial charge in [-0.2, -0.15) is 0 Å². The van der Waals surface area contributed by atoms with Crippen molar-refractivity contribution in [1.82, 2.24) is 0 Å². The minimum atomic E-state index is 0.246. The van der Waals surface area contributed by atoms with Gasteiger partial charge in [-0.15, -0.1) is 0 Å². The molecule has 1 saturated heterocycles. The smallest absolute Gasteiger partial charge is 0.107 e. The highest BCUT2D eigenvalue weighted by Crippen LogP contribution is 2.40. The van der Waals surface area contributed by atoms with Crippen LogP contribution in [-0.2, 0) is 4.74 Å². The summed E-state index contributed by atoms with van der Waals surface area (Å²) in [4.78, 5) is 0. The van der Waals surface area contributed by atoms with Gasteiger partial charge in [0.15, 0.2) is 0 Å². The van der Waals surface area contributed by atoms with Crippen LogP contribution in [0.15, 0.2) is 48.5 Å². The lowest BCUT2D eigenvalue weighted by Crippen LogP contribution is -1.87. The molecule has 1 aliphatic heterocycles. The van der Waals surface area contributed by atoms with Crippen molar-refractivity contribution in [2.45, 2.75) is 6.10 Å². The monoisotopic (exact) mass is 254 g/mol. The van der Waals surface area contributed by atoms with E-state index in [1.165, 1.54) is 21.7 Å². The number of hydrogen-bond acceptors (Lipinski definition) is 1. The molecular formula is C16H11ClO. The van der Waals surface area contributed by atoms with E-state index in [4.69, 9.17) is 16.3 Å². The Morgan fingerprint density at radius 1 is 1.00 bits per heavy atom. The number of hydrogen-bond donors (Lipinski definition) is 0. The zero-order chi connectivity index (χ0) is 12.1. The first kappa shape index (κ1) is 10.4. The van der Waals surface area contributed by atoms with Gasteiger partial charge in [0.2, 0.25) is 0 Å². The highest BCUT2D eigenvalue weighted by Gasteiger charge is 2.27. The standard InChI is InChI=1S/C16H11ClO/c17-14-8-10-4-1-2-5-11(10)16-12(14)6-3-7-13(16)15-9-18-15/h1-8,15H,9H2/t15-/m1/s1. The molecule has 1 nitrogen and oxygen atoms in total. The van der Waals surface area contributed by atoms with Crippen LogP contribution in [-0.4, -0.2) is 6.61 Å². The maximum Gasteiger partial charge on any atom is 0.107 e. The quantitative estimate of drug-likeness (QED) is 0.452. The molecule has 0 N–H and O–H groups in total. The van der Waals surface area contributed by atoms with Crippen LogP contribution in [0.3, 0.4) is 0 Å². The fraction of sp³-hybridized carbons (Fsp3) is 0.125. The Bertz CT molecular complexity index is 759. The van der Waals surface area contributed by atoms with Gasteiger partial charge in [0, 0.05) is 10.4 Å². The molecule has 0 spiro atoms. The number of epoxide rings is 1. The topological polar surface area (TPSA) is 12.5 Å². The van der Waals surface area contributed by atoms with Gasteiger partial charge in [0.25, 0.3) is 0 Å². The second-order valence-electron chi connectivity index (χ2n) is 4.67. The third kappa shape index (κ3) is 1.45. The van der Waals surface area contributed by atoms with Gasteiger partial charge in [-0.05, 0) is 27.8 Å². The lowest BCUT2D eigenvalue weighted by Gasteiger charge is -2.10. The van der Waals surface area contributed by atoms with E-state index in [9.17, 15) is 0 Å². The fourth-order valence-corrected chi connectivity index (χ4v) is 2.91. The zero-order valence-electron chi connectivity index (χ0n) is 9.69. The third-order valence-corrected chi connectivity index (χ3v) is 3.86. The summed E-state index contributed by atoms with van der Waals surface area (Å²) in [5.41, 5.74) is 1.26. The lowest BCUT2D eigenvalue weighted by atomic mass is 9.96. The van der Waals surface area contributed by atoms with E-state index in [1.54, 1.807) is 0 Å². The van der Waals surface area contributed by atoms with Gasteiger partial charge >= 0.3 is 0 Å². The SMILES string of the molecule is Clc1cc2ccccc2c2c([C@H]3CO3)cccc12. The van der Waals surface area contributed by atoms with Gasteiger partial charge in [0.05, 0.1) is 6.61 Å². The number of rotatable bonds is 1. The van der Waals surface area contributed by atoms with Gasteiger partial charge < -0.3 is 4.74 Å². The Balaban J connectivity index is 2.25. The summed E-state index contributed by atoms with van der Waals surface area (Å²) in [7, 11) is 0. The zero-order valence-corrected chi connectivity index (χ0v) is 10.4. The summed E-state index contributed by atoms with van der Waals surface area (Å²) in [6.45, 7) is 0.819. The van der Waals surface area contributed by atoms with Crippen LogP contribution in [0.2, 0.25) is 5.02 Å². The maximum absolute atomic E-state index is 6.39. The van der Waals surface area contributed by atoms with Crippen molar-refractivity contribution >= 4 is 33.1 Å². The third-order valence-electron chi connectivity index (χ3n) is 3.55. The van der Waals surface area contributed by atoms with E-state index < -0.39 is 0 Å². The Hall–Kier alpha value is -1.57. The molecule has 1 aliphatic rings. The first-order chi connectivity index (χ1) is 8.84. The summed E-state index contributed by atoms with van der Waals surface area (Å²) in [5.74, 6) is 0. The minimum absolute atomic E-state index is 0.246. The van der Waals surface area contributed by atoms with Gasteiger partial charge in [-0.25, -0.2) is 0 Å². The first-order valence-corrected chi connectivity index (χ1v) is 6.44. The van der Waals surface area contributed by atoms with Crippen molar-refractivity contribution in [3.8, 4) is 0 Å². The Labute approximate surface area is 110 Å². The number of ether oxygens (including phenoxy) is 1. The van der Waals surface area contributed by atoms with Crippen molar-refractivity contribution < 1.29 is 4.74 Å². The molecule has 2 heteroatoms. The predicted molar refractivity (Wildman–Crippen MR) is 75.2 cm³/mol. The van der Waals surface area contributed by atoms with Crippen molar-refractivity contribution in [2.24, 2.45) is 0 Å². The van der Waals surface area contributed by atoms with Gasteiger partial charge in [-0.1, -0.05) is 54.1 Å². The molecule has 88 valence electrons. The molecule has 1 heterocycles. The predicted octanol–water partition coefficient (Wildman–Crippen LogP) is 4.72. The van der Waals surface area contributed by atoms with Crippen LogP contribution >= 0.6 is 11.6 Å². The van der Waals surface area contributed by atoms with E-state index in [-0.39, 0.29) is 6.10 Å². The first-order valence-electron chi connectivity index (χ1n) is 6.06. The van der Waals surface area contributed by atoms with E-state index >= 15 is 0 Å². The molecule has 0 saturated carbocycles. The molecule has 0 bridgehead atoms. The largest absolute Gasteiger partial charge is 0.368 e. The van der Waals surface area contributed by atoms with E-state index in [0.717, 1.165) is 17.0 Å². The maximum atomic E-state index is 6.39. The summed E-state index contributed by atoms with van der Waals surface area (Å²) in [6, 6.07) is 16.7. The molecule has 0 aliphatic carbocycles. The van der Waals surface area contributed by atoms with Crippen LogP contribution in [0.5, 0.6) is 0 Å². The van der Waals surface area contributed by atoms with Crippen LogP contribution in [0.4, 0.5) is 0 Å². The fourth-order valence-electron chi connectivity index (χ4n) is 2.63. The average Bonchev–Trinajstić information content (AvgIpc) is 3.23. The molecule has 3 aromatic rings.